The van der Waals surface area contributed by atoms with Gasteiger partial charge in [0.2, 0.25) is 0 Å². The largest absolute Gasteiger partial charge is 0.383 e. The highest BCUT2D eigenvalue weighted by molar-refractivity contribution is 5.84. The molecule has 0 spiro atoms. The van der Waals surface area contributed by atoms with Crippen molar-refractivity contribution in [3.05, 3.63) is 24.0 Å². The van der Waals surface area contributed by atoms with Crippen LogP contribution in [0.2, 0.25) is 0 Å². The zero-order chi connectivity index (χ0) is 14.6. The Morgan fingerprint density at radius 2 is 2.11 bits per heavy atom. The van der Waals surface area contributed by atoms with Gasteiger partial charge in [-0.2, -0.15) is 8.78 Å². The second-order valence-corrected chi connectivity index (χ2v) is 4.45. The molecule has 7 heteroatoms. The minimum Gasteiger partial charge on any atom is -0.354 e. The number of rotatable bonds is 6. The predicted octanol–water partition coefficient (Wildman–Crippen LogP) is 2.36. The van der Waals surface area contributed by atoms with Crippen molar-refractivity contribution >= 4 is 5.91 Å². The van der Waals surface area contributed by atoms with Crippen LogP contribution in [-0.2, 0) is 18.3 Å². The number of nitrogens with one attached hydrogen (secondary N) is 1. The topological polar surface area (TPSA) is 34.0 Å². The molecule has 1 atom stereocenters. The Morgan fingerprint density at radius 1 is 1.47 bits per heavy atom. The molecule has 1 N–H and O–H groups in total. The molecule has 19 heavy (non-hydrogen) atoms. The first-order valence-corrected chi connectivity index (χ1v) is 5.82. The normalized spacial score (nSPS) is 13.6. The van der Waals surface area contributed by atoms with Gasteiger partial charge in [0, 0.05) is 25.0 Å². The Labute approximate surface area is 108 Å². The van der Waals surface area contributed by atoms with Gasteiger partial charge < -0.3 is 9.88 Å². The lowest BCUT2D eigenvalue weighted by molar-refractivity contribution is -0.170. The lowest BCUT2D eigenvalue weighted by Crippen LogP contribution is -2.48. The zero-order valence-corrected chi connectivity index (χ0v) is 10.7. The third kappa shape index (κ3) is 3.97. The summed E-state index contributed by atoms with van der Waals surface area (Å²) in [6.45, 7) is 1.50. The molecule has 0 aromatic carbocycles. The van der Waals surface area contributed by atoms with Crippen molar-refractivity contribution in [2.75, 3.05) is 0 Å². The van der Waals surface area contributed by atoms with E-state index in [0.717, 1.165) is 5.69 Å². The summed E-state index contributed by atoms with van der Waals surface area (Å²) in [5.41, 5.74) is 0.974. The van der Waals surface area contributed by atoms with Crippen molar-refractivity contribution in [1.82, 2.24) is 9.88 Å². The molecule has 0 radical (unpaired) electrons. The Hall–Kier alpha value is -1.53. The SMILES string of the molecule is CC(CCc1cccn1C)NC(=O)C(F)(F)C(F)F. The van der Waals surface area contributed by atoms with E-state index in [1.54, 1.807) is 0 Å². The Morgan fingerprint density at radius 3 is 2.58 bits per heavy atom. The minimum atomic E-state index is -4.64. The van der Waals surface area contributed by atoms with Crippen LogP contribution < -0.4 is 5.32 Å². The van der Waals surface area contributed by atoms with Gasteiger partial charge in [-0.15, -0.1) is 0 Å². The molecule has 1 unspecified atom stereocenters. The number of aryl methyl sites for hydroxylation is 2. The van der Waals surface area contributed by atoms with Crippen LogP contribution in [0.5, 0.6) is 0 Å². The first kappa shape index (κ1) is 15.5. The van der Waals surface area contributed by atoms with Crippen LogP contribution in [0.15, 0.2) is 18.3 Å². The quantitative estimate of drug-likeness (QED) is 0.797. The monoisotopic (exact) mass is 280 g/mol. The number of hydrogen-bond acceptors (Lipinski definition) is 1. The summed E-state index contributed by atoms with van der Waals surface area (Å²) >= 11 is 0. The Kier molecular flexibility index (Phi) is 4.97. The number of alkyl halides is 4. The Balaban J connectivity index is 2.46. The van der Waals surface area contributed by atoms with Gasteiger partial charge in [0.05, 0.1) is 0 Å². The van der Waals surface area contributed by atoms with E-state index in [1.807, 2.05) is 35.3 Å². The molecule has 1 aromatic heterocycles. The highest BCUT2D eigenvalue weighted by atomic mass is 19.3. The van der Waals surface area contributed by atoms with E-state index in [1.165, 1.54) is 6.92 Å². The molecule has 0 aliphatic carbocycles. The number of carbonyl (C=O) groups is 1. The van der Waals surface area contributed by atoms with E-state index in [0.29, 0.717) is 12.8 Å². The van der Waals surface area contributed by atoms with E-state index < -0.39 is 24.3 Å². The summed E-state index contributed by atoms with van der Waals surface area (Å²) in [6, 6.07) is 3.10. The molecule has 1 heterocycles. The molecule has 1 amide bonds. The van der Waals surface area contributed by atoms with Gasteiger partial charge in [-0.3, -0.25) is 4.79 Å². The molecular weight excluding hydrogens is 264 g/mol. The lowest BCUT2D eigenvalue weighted by atomic mass is 10.1. The maximum Gasteiger partial charge on any atom is 0.383 e. The van der Waals surface area contributed by atoms with Gasteiger partial charge in [-0.1, -0.05) is 0 Å². The zero-order valence-electron chi connectivity index (χ0n) is 10.7. The molecule has 1 aromatic rings. The second-order valence-electron chi connectivity index (χ2n) is 4.45. The lowest BCUT2D eigenvalue weighted by Gasteiger charge is -2.19. The smallest absolute Gasteiger partial charge is 0.354 e. The summed E-state index contributed by atoms with van der Waals surface area (Å²) in [6.07, 6.45) is -1.20. The molecule has 0 fully saturated rings. The van der Waals surface area contributed by atoms with Crippen LogP contribution in [0.25, 0.3) is 0 Å². The number of nitrogens with zero attached hydrogens (tertiary/aromatic N) is 1. The predicted molar refractivity (Wildman–Crippen MR) is 62.3 cm³/mol. The molecule has 3 nitrogen and oxygen atoms in total. The first-order chi connectivity index (χ1) is 8.75. The van der Waals surface area contributed by atoms with Crippen molar-refractivity contribution in [2.24, 2.45) is 7.05 Å². The maximum atomic E-state index is 12.7. The van der Waals surface area contributed by atoms with E-state index in [9.17, 15) is 22.4 Å². The molecule has 0 saturated heterocycles. The first-order valence-electron chi connectivity index (χ1n) is 5.82. The summed E-state index contributed by atoms with van der Waals surface area (Å²) < 4.78 is 51.2. The van der Waals surface area contributed by atoms with Crippen molar-refractivity contribution in [2.45, 2.75) is 38.2 Å². The van der Waals surface area contributed by atoms with Crippen molar-refractivity contribution < 1.29 is 22.4 Å². The van der Waals surface area contributed by atoms with Crippen LogP contribution >= 0.6 is 0 Å². The van der Waals surface area contributed by atoms with Crippen molar-refractivity contribution in [3.63, 3.8) is 0 Å². The Bertz CT molecular complexity index is 431. The summed E-state index contributed by atoms with van der Waals surface area (Å²) in [5.74, 6) is -6.57. The van der Waals surface area contributed by atoms with Crippen LogP contribution in [-0.4, -0.2) is 28.9 Å². The van der Waals surface area contributed by atoms with Crippen LogP contribution in [0, 0.1) is 0 Å². The fraction of sp³-hybridized carbons (Fsp3) is 0.583. The number of amides is 1. The highest BCUT2D eigenvalue weighted by Crippen LogP contribution is 2.23. The maximum absolute atomic E-state index is 12.7. The van der Waals surface area contributed by atoms with E-state index in [-0.39, 0.29) is 0 Å². The molecule has 0 saturated carbocycles. The standard InChI is InChI=1S/C12H16F4N2O/c1-8(5-6-9-4-3-7-18(9)2)17-11(19)12(15,16)10(13)14/h3-4,7-8,10H,5-6H2,1-2H3,(H,17,19). The number of halogens is 4. The second kappa shape index (κ2) is 6.08. The van der Waals surface area contributed by atoms with E-state index in [4.69, 9.17) is 0 Å². The average molecular weight is 280 g/mol. The third-order valence-corrected chi connectivity index (χ3v) is 2.84. The highest BCUT2D eigenvalue weighted by Gasteiger charge is 2.49. The molecular formula is C12H16F4N2O. The summed E-state index contributed by atoms with van der Waals surface area (Å²) in [7, 11) is 1.84. The van der Waals surface area contributed by atoms with Crippen LogP contribution in [0.3, 0.4) is 0 Å². The van der Waals surface area contributed by atoms with E-state index in [2.05, 4.69) is 0 Å². The molecule has 0 aliphatic heterocycles. The van der Waals surface area contributed by atoms with Gasteiger partial charge in [0.1, 0.15) is 0 Å². The van der Waals surface area contributed by atoms with Crippen LogP contribution in [0.4, 0.5) is 17.6 Å². The fourth-order valence-corrected chi connectivity index (χ4v) is 1.61. The van der Waals surface area contributed by atoms with Gasteiger partial charge in [0.25, 0.3) is 5.91 Å². The molecule has 0 bridgehead atoms. The molecule has 1 rings (SSSR count). The van der Waals surface area contributed by atoms with Gasteiger partial charge in [-0.25, -0.2) is 8.78 Å². The van der Waals surface area contributed by atoms with Gasteiger partial charge >= 0.3 is 12.3 Å². The van der Waals surface area contributed by atoms with Gasteiger partial charge in [0.15, 0.2) is 0 Å². The van der Waals surface area contributed by atoms with Crippen molar-refractivity contribution in [1.29, 1.82) is 0 Å². The number of carbonyl (C=O) groups excluding carboxylic acids is 1. The number of hydrogen-bond donors (Lipinski definition) is 1. The minimum absolute atomic E-state index is 0.392. The summed E-state index contributed by atoms with van der Waals surface area (Å²) in [5, 5.41) is 1.91. The number of aromatic nitrogens is 1. The summed E-state index contributed by atoms with van der Waals surface area (Å²) in [4.78, 5) is 11.0. The molecule has 0 aliphatic rings. The third-order valence-electron chi connectivity index (χ3n) is 2.84. The molecule has 108 valence electrons. The van der Waals surface area contributed by atoms with Gasteiger partial charge in [-0.05, 0) is 31.9 Å². The van der Waals surface area contributed by atoms with Crippen molar-refractivity contribution in [3.8, 4) is 0 Å². The fourth-order valence-electron chi connectivity index (χ4n) is 1.61. The van der Waals surface area contributed by atoms with E-state index >= 15 is 0 Å². The average Bonchev–Trinajstić information content (AvgIpc) is 2.71. The van der Waals surface area contributed by atoms with Crippen LogP contribution in [0.1, 0.15) is 19.0 Å².